The molecule has 2 aromatic heterocycles. The predicted molar refractivity (Wildman–Crippen MR) is 105 cm³/mol. The van der Waals surface area contributed by atoms with Crippen molar-refractivity contribution >= 4 is 11.6 Å². The van der Waals surface area contributed by atoms with Gasteiger partial charge in [0.25, 0.3) is 0 Å². The van der Waals surface area contributed by atoms with Crippen molar-refractivity contribution in [2.24, 2.45) is 0 Å². The third kappa shape index (κ3) is 2.94. The Morgan fingerprint density at radius 2 is 1.74 bits per heavy atom. The second kappa shape index (κ2) is 6.48. The first-order valence-corrected chi connectivity index (χ1v) is 9.12. The molecular formula is C21H20N6. The van der Waals surface area contributed by atoms with Crippen LogP contribution in [0.15, 0.2) is 60.8 Å². The lowest BCUT2D eigenvalue weighted by Gasteiger charge is -2.28. The molecule has 0 amide bonds. The minimum absolute atomic E-state index is 0.354. The molecule has 0 unspecified atom stereocenters. The largest absolute Gasteiger partial charge is 0.368 e. The van der Waals surface area contributed by atoms with Gasteiger partial charge in [0.05, 0.1) is 0 Å². The smallest absolute Gasteiger partial charge is 0.223 e. The zero-order valence-corrected chi connectivity index (χ0v) is 14.9. The third-order valence-corrected chi connectivity index (χ3v) is 5.10. The monoisotopic (exact) mass is 356 g/mol. The van der Waals surface area contributed by atoms with Gasteiger partial charge < -0.3 is 5.73 Å². The number of nitrogens with zero attached hydrogens (tertiary/aromatic N) is 5. The molecule has 1 aliphatic rings. The molecule has 3 heterocycles. The van der Waals surface area contributed by atoms with Crippen LogP contribution in [-0.2, 0) is 19.5 Å². The van der Waals surface area contributed by atoms with Gasteiger partial charge in [0.2, 0.25) is 5.95 Å². The molecular weight excluding hydrogens is 336 g/mol. The van der Waals surface area contributed by atoms with Crippen molar-refractivity contribution < 1.29 is 0 Å². The highest BCUT2D eigenvalue weighted by Crippen LogP contribution is 2.23. The van der Waals surface area contributed by atoms with Crippen molar-refractivity contribution in [2.75, 3.05) is 12.3 Å². The number of aromatic nitrogens is 4. The number of nitrogen functional groups attached to an aromatic ring is 1. The Labute approximate surface area is 157 Å². The number of benzene rings is 2. The maximum atomic E-state index is 6.05. The van der Waals surface area contributed by atoms with Crippen molar-refractivity contribution in [1.29, 1.82) is 0 Å². The first kappa shape index (κ1) is 16.0. The summed E-state index contributed by atoms with van der Waals surface area (Å²) < 4.78 is 1.65. The molecule has 0 aliphatic carbocycles. The molecule has 6 nitrogen and oxygen atoms in total. The number of hydrogen-bond acceptors (Lipinski definition) is 5. The van der Waals surface area contributed by atoms with E-state index in [0.717, 1.165) is 42.8 Å². The van der Waals surface area contributed by atoms with E-state index in [4.69, 9.17) is 10.7 Å². The number of anilines is 1. The number of nitrogens with two attached hydrogens (primary N) is 1. The minimum Gasteiger partial charge on any atom is -0.368 e. The number of fused-ring (bicyclic) bond motifs is 2. The van der Waals surface area contributed by atoms with E-state index in [-0.39, 0.29) is 0 Å². The Morgan fingerprint density at radius 3 is 2.59 bits per heavy atom. The van der Waals surface area contributed by atoms with Crippen LogP contribution in [0.1, 0.15) is 16.7 Å². The van der Waals surface area contributed by atoms with Crippen LogP contribution in [0.3, 0.4) is 0 Å². The van der Waals surface area contributed by atoms with Gasteiger partial charge in [0, 0.05) is 37.0 Å². The Balaban J connectivity index is 1.49. The highest BCUT2D eigenvalue weighted by Gasteiger charge is 2.19. The van der Waals surface area contributed by atoms with Gasteiger partial charge in [-0.2, -0.15) is 4.52 Å². The number of rotatable bonds is 3. The zero-order valence-electron chi connectivity index (χ0n) is 14.9. The van der Waals surface area contributed by atoms with Gasteiger partial charge >= 0.3 is 0 Å². The van der Waals surface area contributed by atoms with Crippen LogP contribution < -0.4 is 5.73 Å². The van der Waals surface area contributed by atoms with E-state index >= 15 is 0 Å². The molecule has 0 atom stereocenters. The van der Waals surface area contributed by atoms with Gasteiger partial charge in [-0.3, -0.25) is 4.90 Å². The molecule has 0 saturated heterocycles. The molecule has 0 bridgehead atoms. The molecule has 0 fully saturated rings. The summed E-state index contributed by atoms with van der Waals surface area (Å²) in [6.07, 6.45) is 2.89. The number of hydrogen-bond donors (Lipinski definition) is 1. The van der Waals surface area contributed by atoms with E-state index < -0.39 is 0 Å². The lowest BCUT2D eigenvalue weighted by Crippen LogP contribution is -2.30. The van der Waals surface area contributed by atoms with Crippen LogP contribution in [-0.4, -0.2) is 31.0 Å². The molecule has 4 aromatic rings. The van der Waals surface area contributed by atoms with Crippen molar-refractivity contribution in [3.63, 3.8) is 0 Å². The summed E-state index contributed by atoms with van der Waals surface area (Å²) in [5, 5.41) is 4.57. The third-order valence-electron chi connectivity index (χ3n) is 5.10. The fraction of sp³-hybridized carbons (Fsp3) is 0.190. The van der Waals surface area contributed by atoms with E-state index in [9.17, 15) is 0 Å². The maximum Gasteiger partial charge on any atom is 0.223 e. The van der Waals surface area contributed by atoms with Gasteiger partial charge in [-0.05, 0) is 17.5 Å². The molecule has 134 valence electrons. The fourth-order valence-electron chi connectivity index (χ4n) is 3.69. The minimum atomic E-state index is 0.354. The van der Waals surface area contributed by atoms with Crippen molar-refractivity contribution in [2.45, 2.75) is 19.5 Å². The summed E-state index contributed by atoms with van der Waals surface area (Å²) in [6.45, 7) is 2.73. The molecule has 5 rings (SSSR count). The van der Waals surface area contributed by atoms with Crippen molar-refractivity contribution in [3.8, 4) is 11.4 Å². The lowest BCUT2D eigenvalue weighted by atomic mass is 10.00. The van der Waals surface area contributed by atoms with E-state index in [1.165, 1.54) is 11.1 Å². The summed E-state index contributed by atoms with van der Waals surface area (Å²) in [6, 6.07) is 18.6. The Bertz CT molecular complexity index is 1100. The average Bonchev–Trinajstić information content (AvgIpc) is 3.17. The maximum absolute atomic E-state index is 6.05. The van der Waals surface area contributed by atoms with Gasteiger partial charge in [-0.1, -0.05) is 54.6 Å². The molecule has 27 heavy (non-hydrogen) atoms. The Kier molecular flexibility index (Phi) is 3.83. The zero-order chi connectivity index (χ0) is 18.2. The molecule has 6 heteroatoms. The van der Waals surface area contributed by atoms with E-state index in [2.05, 4.69) is 39.2 Å². The van der Waals surface area contributed by atoms with E-state index in [1.807, 2.05) is 36.5 Å². The van der Waals surface area contributed by atoms with E-state index in [0.29, 0.717) is 11.8 Å². The van der Waals surface area contributed by atoms with Gasteiger partial charge in [-0.15, -0.1) is 5.10 Å². The summed E-state index contributed by atoms with van der Waals surface area (Å²) >= 11 is 0. The molecule has 0 spiro atoms. The summed E-state index contributed by atoms with van der Waals surface area (Å²) in [5.41, 5.74) is 11.7. The highest BCUT2D eigenvalue weighted by molar-refractivity contribution is 5.61. The molecule has 0 saturated carbocycles. The standard InChI is InChI=1S/C21H20N6/c22-21-23-12-18(14-26-11-10-15-6-4-5-9-17(15)13-26)20-24-19(25-27(20)21)16-7-2-1-3-8-16/h1-9,12H,10-11,13-14H2,(H2,22,23). The van der Waals surface area contributed by atoms with Crippen molar-refractivity contribution in [1.82, 2.24) is 24.5 Å². The van der Waals surface area contributed by atoms with Crippen LogP contribution in [0.5, 0.6) is 0 Å². The fourth-order valence-corrected chi connectivity index (χ4v) is 3.69. The second-order valence-electron chi connectivity index (χ2n) is 6.91. The molecule has 2 aromatic carbocycles. The summed E-state index contributed by atoms with van der Waals surface area (Å²) in [5.74, 6) is 1.02. The first-order valence-electron chi connectivity index (χ1n) is 9.12. The normalized spacial score (nSPS) is 14.4. The Morgan fingerprint density at radius 1 is 0.963 bits per heavy atom. The Hall–Kier alpha value is -3.25. The summed E-state index contributed by atoms with van der Waals surface area (Å²) in [4.78, 5) is 11.5. The van der Waals surface area contributed by atoms with Crippen LogP contribution in [0.25, 0.3) is 17.0 Å². The molecule has 2 N–H and O–H groups in total. The van der Waals surface area contributed by atoms with Crippen LogP contribution in [0, 0.1) is 0 Å². The SMILES string of the molecule is Nc1ncc(CN2CCc3ccccc3C2)c2nc(-c3ccccc3)nn12. The second-order valence-corrected chi connectivity index (χ2v) is 6.91. The first-order chi connectivity index (χ1) is 13.3. The molecule has 1 aliphatic heterocycles. The van der Waals surface area contributed by atoms with Crippen LogP contribution in [0.4, 0.5) is 5.95 Å². The molecule has 0 radical (unpaired) electrons. The lowest BCUT2D eigenvalue weighted by molar-refractivity contribution is 0.246. The van der Waals surface area contributed by atoms with Gasteiger partial charge in [0.15, 0.2) is 11.5 Å². The van der Waals surface area contributed by atoms with Crippen molar-refractivity contribution in [3.05, 3.63) is 77.5 Å². The highest BCUT2D eigenvalue weighted by atomic mass is 15.3. The van der Waals surface area contributed by atoms with Crippen LogP contribution >= 0.6 is 0 Å². The van der Waals surface area contributed by atoms with Crippen LogP contribution in [0.2, 0.25) is 0 Å². The quantitative estimate of drug-likeness (QED) is 0.611. The van der Waals surface area contributed by atoms with Gasteiger partial charge in [0.1, 0.15) is 0 Å². The average molecular weight is 356 g/mol. The van der Waals surface area contributed by atoms with Gasteiger partial charge in [-0.25, -0.2) is 9.97 Å². The predicted octanol–water partition coefficient (Wildman–Crippen LogP) is 2.93. The summed E-state index contributed by atoms with van der Waals surface area (Å²) in [7, 11) is 0. The van der Waals surface area contributed by atoms with E-state index in [1.54, 1.807) is 4.52 Å². The topological polar surface area (TPSA) is 72.3 Å².